The normalized spacial score (nSPS) is 9.69. The van der Waals surface area contributed by atoms with Crippen LogP contribution >= 0.6 is 0 Å². The minimum absolute atomic E-state index is 0.0170. The average Bonchev–Trinajstić information content (AvgIpc) is 2.16. The Balaban J connectivity index is 3.15. The third kappa shape index (κ3) is 1.96. The zero-order chi connectivity index (χ0) is 9.84. The van der Waals surface area contributed by atoms with E-state index in [-0.39, 0.29) is 5.78 Å². The van der Waals surface area contributed by atoms with Gasteiger partial charge in [-0.15, -0.1) is 0 Å². The van der Waals surface area contributed by atoms with Gasteiger partial charge >= 0.3 is 0 Å². The van der Waals surface area contributed by atoms with Crippen LogP contribution in [0.4, 0.5) is 5.69 Å². The highest BCUT2D eigenvalue weighted by Crippen LogP contribution is 2.18. The number of ether oxygens (including phenoxy) is 1. The van der Waals surface area contributed by atoms with Gasteiger partial charge in [0.05, 0.1) is 24.6 Å². The molecule has 0 aliphatic rings. The van der Waals surface area contributed by atoms with Crippen LogP contribution in [0.3, 0.4) is 0 Å². The van der Waals surface area contributed by atoms with Gasteiger partial charge in [-0.05, 0) is 6.07 Å². The van der Waals surface area contributed by atoms with Crippen LogP contribution in [0.15, 0.2) is 12.3 Å². The Bertz CT molecular complexity index is 323. The molecule has 0 fully saturated rings. The van der Waals surface area contributed by atoms with Crippen LogP contribution in [0.2, 0.25) is 0 Å². The molecule has 13 heavy (non-hydrogen) atoms. The summed E-state index contributed by atoms with van der Waals surface area (Å²) in [5.74, 6) is 0.317. The lowest BCUT2D eigenvalue weighted by atomic mass is 10.1. The van der Waals surface area contributed by atoms with Crippen LogP contribution in [0.25, 0.3) is 0 Å². The summed E-state index contributed by atoms with van der Waals surface area (Å²) in [6.45, 7) is 1.78. The van der Waals surface area contributed by atoms with Gasteiger partial charge in [0.2, 0.25) is 5.88 Å². The first kappa shape index (κ1) is 9.51. The standard InChI is InChI=1S/C9H12N2O2/c1-3-8(12)7-4-6(10)5-11-9(7)13-2/h4-5H,3,10H2,1-2H3. The fourth-order valence-electron chi connectivity index (χ4n) is 1.02. The molecule has 0 saturated carbocycles. The molecule has 0 unspecified atom stereocenters. The van der Waals surface area contributed by atoms with Crippen molar-refractivity contribution in [2.75, 3.05) is 12.8 Å². The van der Waals surface area contributed by atoms with Crippen LogP contribution in [0, 0.1) is 0 Å². The average molecular weight is 180 g/mol. The van der Waals surface area contributed by atoms with Crippen molar-refractivity contribution >= 4 is 11.5 Å². The molecular formula is C9H12N2O2. The minimum atomic E-state index is -0.0170. The van der Waals surface area contributed by atoms with E-state index in [1.165, 1.54) is 13.3 Å². The summed E-state index contributed by atoms with van der Waals surface area (Å²) < 4.78 is 4.94. The van der Waals surface area contributed by atoms with Crippen LogP contribution < -0.4 is 10.5 Å². The van der Waals surface area contributed by atoms with Gasteiger partial charge in [0.25, 0.3) is 0 Å². The van der Waals surface area contributed by atoms with E-state index in [9.17, 15) is 4.79 Å². The Morgan fingerprint density at radius 1 is 1.69 bits per heavy atom. The first-order chi connectivity index (χ1) is 6.19. The number of carbonyl (C=O) groups excluding carboxylic acids is 1. The fraction of sp³-hybridized carbons (Fsp3) is 0.333. The van der Waals surface area contributed by atoms with Crippen LogP contribution in [0.5, 0.6) is 5.88 Å². The summed E-state index contributed by atoms with van der Waals surface area (Å²) in [5.41, 5.74) is 6.42. The molecule has 0 aromatic carbocycles. The highest BCUT2D eigenvalue weighted by Gasteiger charge is 2.11. The Kier molecular flexibility index (Phi) is 2.84. The van der Waals surface area contributed by atoms with Crippen molar-refractivity contribution in [2.24, 2.45) is 0 Å². The van der Waals surface area contributed by atoms with Crippen molar-refractivity contribution in [3.63, 3.8) is 0 Å². The third-order valence-corrected chi connectivity index (χ3v) is 1.69. The number of anilines is 1. The Hall–Kier alpha value is -1.58. The number of ketones is 1. The monoisotopic (exact) mass is 180 g/mol. The quantitative estimate of drug-likeness (QED) is 0.711. The lowest BCUT2D eigenvalue weighted by Gasteiger charge is -2.05. The highest BCUT2D eigenvalue weighted by atomic mass is 16.5. The summed E-state index contributed by atoms with van der Waals surface area (Å²) >= 11 is 0. The molecule has 2 N–H and O–H groups in total. The van der Waals surface area contributed by atoms with E-state index in [1.54, 1.807) is 13.0 Å². The molecule has 1 rings (SSSR count). The molecule has 0 radical (unpaired) electrons. The number of hydrogen-bond acceptors (Lipinski definition) is 4. The zero-order valence-corrected chi connectivity index (χ0v) is 7.70. The molecule has 4 nitrogen and oxygen atoms in total. The number of carbonyl (C=O) groups is 1. The first-order valence-electron chi connectivity index (χ1n) is 4.01. The largest absolute Gasteiger partial charge is 0.480 e. The molecule has 4 heteroatoms. The molecular weight excluding hydrogens is 168 g/mol. The lowest BCUT2D eigenvalue weighted by Crippen LogP contribution is -2.03. The Morgan fingerprint density at radius 2 is 2.38 bits per heavy atom. The maximum Gasteiger partial charge on any atom is 0.224 e. The second-order valence-corrected chi connectivity index (χ2v) is 2.60. The number of methoxy groups -OCH3 is 1. The first-order valence-corrected chi connectivity index (χ1v) is 4.01. The van der Waals surface area contributed by atoms with Crippen LogP contribution in [-0.4, -0.2) is 17.9 Å². The molecule has 0 atom stereocenters. The molecule has 1 aromatic rings. The Morgan fingerprint density at radius 3 is 2.92 bits per heavy atom. The molecule has 1 heterocycles. The highest BCUT2D eigenvalue weighted by molar-refractivity contribution is 5.98. The molecule has 0 aliphatic carbocycles. The van der Waals surface area contributed by atoms with Gasteiger partial charge in [-0.2, -0.15) is 0 Å². The van der Waals surface area contributed by atoms with Crippen molar-refractivity contribution in [1.82, 2.24) is 4.98 Å². The number of nitrogens with zero attached hydrogens (tertiary/aromatic N) is 1. The van der Waals surface area contributed by atoms with Gasteiger partial charge in [-0.1, -0.05) is 6.92 Å². The number of aromatic nitrogens is 1. The molecule has 0 saturated heterocycles. The van der Waals surface area contributed by atoms with Crippen molar-refractivity contribution in [3.8, 4) is 5.88 Å². The van der Waals surface area contributed by atoms with E-state index in [4.69, 9.17) is 10.5 Å². The van der Waals surface area contributed by atoms with Gasteiger partial charge in [-0.3, -0.25) is 4.79 Å². The number of nitrogen functional groups attached to an aromatic ring is 1. The molecule has 0 aliphatic heterocycles. The zero-order valence-electron chi connectivity index (χ0n) is 7.70. The number of hydrogen-bond donors (Lipinski definition) is 1. The van der Waals surface area contributed by atoms with Gasteiger partial charge in [0, 0.05) is 6.42 Å². The predicted octanol–water partition coefficient (Wildman–Crippen LogP) is 1.27. The Labute approximate surface area is 76.7 Å². The van der Waals surface area contributed by atoms with Crippen molar-refractivity contribution in [1.29, 1.82) is 0 Å². The van der Waals surface area contributed by atoms with E-state index < -0.39 is 0 Å². The molecule has 70 valence electrons. The molecule has 0 amide bonds. The third-order valence-electron chi connectivity index (χ3n) is 1.69. The number of nitrogens with two attached hydrogens (primary N) is 1. The van der Waals surface area contributed by atoms with Crippen LogP contribution in [-0.2, 0) is 0 Å². The number of pyridine rings is 1. The van der Waals surface area contributed by atoms with Gasteiger partial charge < -0.3 is 10.5 Å². The predicted molar refractivity (Wildman–Crippen MR) is 49.8 cm³/mol. The van der Waals surface area contributed by atoms with Crippen molar-refractivity contribution in [2.45, 2.75) is 13.3 Å². The van der Waals surface area contributed by atoms with Gasteiger partial charge in [0.1, 0.15) is 0 Å². The summed E-state index contributed by atoms with van der Waals surface area (Å²) in [7, 11) is 1.48. The van der Waals surface area contributed by atoms with Crippen molar-refractivity contribution < 1.29 is 9.53 Å². The van der Waals surface area contributed by atoms with Crippen molar-refractivity contribution in [3.05, 3.63) is 17.8 Å². The molecule has 0 bridgehead atoms. The van der Waals surface area contributed by atoms with E-state index in [0.717, 1.165) is 0 Å². The van der Waals surface area contributed by atoms with E-state index >= 15 is 0 Å². The van der Waals surface area contributed by atoms with E-state index in [0.29, 0.717) is 23.6 Å². The topological polar surface area (TPSA) is 65.2 Å². The van der Waals surface area contributed by atoms with Gasteiger partial charge in [0.15, 0.2) is 5.78 Å². The van der Waals surface area contributed by atoms with E-state index in [1.807, 2.05) is 0 Å². The number of rotatable bonds is 3. The van der Waals surface area contributed by atoms with Gasteiger partial charge in [-0.25, -0.2) is 4.98 Å². The molecule has 1 aromatic heterocycles. The maximum absolute atomic E-state index is 11.4. The summed E-state index contributed by atoms with van der Waals surface area (Å²) in [6.07, 6.45) is 1.88. The smallest absolute Gasteiger partial charge is 0.224 e. The fourth-order valence-corrected chi connectivity index (χ4v) is 1.02. The second kappa shape index (κ2) is 3.89. The van der Waals surface area contributed by atoms with Crippen LogP contribution in [0.1, 0.15) is 23.7 Å². The summed E-state index contributed by atoms with van der Waals surface area (Å²) in [5, 5.41) is 0. The maximum atomic E-state index is 11.4. The SMILES string of the molecule is CCC(=O)c1cc(N)cnc1OC. The van der Waals surface area contributed by atoms with E-state index in [2.05, 4.69) is 4.98 Å². The molecule has 0 spiro atoms. The summed E-state index contributed by atoms with van der Waals surface area (Å²) in [6, 6.07) is 1.58. The lowest BCUT2D eigenvalue weighted by molar-refractivity contribution is 0.0984. The minimum Gasteiger partial charge on any atom is -0.480 e. The number of Topliss-reactive ketones (excluding diaryl/α,β-unsaturated/α-hetero) is 1. The second-order valence-electron chi connectivity index (χ2n) is 2.60. The summed E-state index contributed by atoms with van der Waals surface area (Å²) in [4.78, 5) is 15.3.